The number of likely N-dealkylation sites (N-methyl/N-ethyl adjacent to an activating group) is 1. The molecule has 0 aliphatic carbocycles. The molecular formula is C13H15ClN2O2S2. The lowest BCUT2D eigenvalue weighted by Crippen LogP contribution is -2.28. The van der Waals surface area contributed by atoms with Crippen LogP contribution in [0.2, 0.25) is 0 Å². The maximum Gasteiger partial charge on any atom is 0.252 e. The average molecular weight is 331 g/mol. The quantitative estimate of drug-likeness (QED) is 0.765. The smallest absolute Gasteiger partial charge is 0.252 e. The fourth-order valence-corrected chi connectivity index (χ4v) is 4.50. The SMILES string of the molecule is CN(CCc1ccccn1)S(=O)(=O)c1ccc(CCl)s1. The summed E-state index contributed by atoms with van der Waals surface area (Å²) >= 11 is 6.92. The largest absolute Gasteiger partial charge is 0.261 e. The minimum absolute atomic E-state index is 0.330. The average Bonchev–Trinajstić information content (AvgIpc) is 2.95. The predicted molar refractivity (Wildman–Crippen MR) is 81.6 cm³/mol. The highest BCUT2D eigenvalue weighted by Crippen LogP contribution is 2.25. The third kappa shape index (κ3) is 3.58. The first-order valence-electron chi connectivity index (χ1n) is 6.05. The first-order chi connectivity index (χ1) is 9.54. The molecule has 2 rings (SSSR count). The third-order valence-electron chi connectivity index (χ3n) is 2.84. The zero-order valence-corrected chi connectivity index (χ0v) is 13.4. The van der Waals surface area contributed by atoms with Crippen molar-refractivity contribution in [1.82, 2.24) is 9.29 Å². The van der Waals surface area contributed by atoms with E-state index in [1.807, 2.05) is 18.2 Å². The van der Waals surface area contributed by atoms with Crippen molar-refractivity contribution in [2.45, 2.75) is 16.5 Å². The van der Waals surface area contributed by atoms with Gasteiger partial charge in [-0.15, -0.1) is 22.9 Å². The second-order valence-corrected chi connectivity index (χ2v) is 7.96. The van der Waals surface area contributed by atoms with Crippen molar-refractivity contribution >= 4 is 33.0 Å². The van der Waals surface area contributed by atoms with Gasteiger partial charge in [0.25, 0.3) is 10.0 Å². The molecule has 0 atom stereocenters. The van der Waals surface area contributed by atoms with Crippen molar-refractivity contribution in [3.8, 4) is 0 Å². The van der Waals surface area contributed by atoms with E-state index in [-0.39, 0.29) is 0 Å². The van der Waals surface area contributed by atoms with Gasteiger partial charge in [-0.2, -0.15) is 4.31 Å². The lowest BCUT2D eigenvalue weighted by Gasteiger charge is -2.15. The molecule has 0 unspecified atom stereocenters. The lowest BCUT2D eigenvalue weighted by atomic mass is 10.3. The van der Waals surface area contributed by atoms with Crippen molar-refractivity contribution in [2.75, 3.05) is 13.6 Å². The topological polar surface area (TPSA) is 50.3 Å². The van der Waals surface area contributed by atoms with Crippen LogP contribution >= 0.6 is 22.9 Å². The number of aromatic nitrogens is 1. The maximum absolute atomic E-state index is 12.4. The van der Waals surface area contributed by atoms with Crippen LogP contribution in [0.15, 0.2) is 40.7 Å². The van der Waals surface area contributed by atoms with E-state index in [4.69, 9.17) is 11.6 Å². The van der Waals surface area contributed by atoms with Crippen LogP contribution in [0, 0.1) is 0 Å². The van der Waals surface area contributed by atoms with Crippen LogP contribution in [0.5, 0.6) is 0 Å². The van der Waals surface area contributed by atoms with Gasteiger partial charge >= 0.3 is 0 Å². The minimum Gasteiger partial charge on any atom is -0.261 e. The molecule has 0 aliphatic rings. The van der Waals surface area contributed by atoms with E-state index < -0.39 is 10.0 Å². The zero-order valence-electron chi connectivity index (χ0n) is 11.0. The predicted octanol–water partition coefficient (Wildman–Crippen LogP) is 2.75. The highest BCUT2D eigenvalue weighted by Gasteiger charge is 2.22. The van der Waals surface area contributed by atoms with E-state index >= 15 is 0 Å². The Kier molecular flexibility index (Phi) is 5.15. The minimum atomic E-state index is -3.43. The van der Waals surface area contributed by atoms with Gasteiger partial charge in [-0.25, -0.2) is 8.42 Å². The van der Waals surface area contributed by atoms with Gasteiger partial charge in [-0.1, -0.05) is 6.07 Å². The molecule has 0 aliphatic heterocycles. The first kappa shape index (κ1) is 15.4. The van der Waals surface area contributed by atoms with Crippen LogP contribution < -0.4 is 0 Å². The van der Waals surface area contributed by atoms with Crippen LogP contribution in [0.4, 0.5) is 0 Å². The van der Waals surface area contributed by atoms with Crippen LogP contribution in [0.1, 0.15) is 10.6 Å². The van der Waals surface area contributed by atoms with E-state index in [0.29, 0.717) is 23.1 Å². The Balaban J connectivity index is 2.05. The summed E-state index contributed by atoms with van der Waals surface area (Å²) in [5.41, 5.74) is 0.877. The monoisotopic (exact) mass is 330 g/mol. The third-order valence-corrected chi connectivity index (χ3v) is 6.70. The zero-order chi connectivity index (χ0) is 14.6. The molecule has 20 heavy (non-hydrogen) atoms. The van der Waals surface area contributed by atoms with Gasteiger partial charge in [0, 0.05) is 36.8 Å². The molecular weight excluding hydrogens is 316 g/mol. The Labute approximate surface area is 128 Å². The molecule has 2 aromatic heterocycles. The molecule has 4 nitrogen and oxygen atoms in total. The van der Waals surface area contributed by atoms with Gasteiger partial charge in [0.2, 0.25) is 0 Å². The number of pyridine rings is 1. The van der Waals surface area contributed by atoms with Gasteiger partial charge in [0.05, 0.1) is 5.88 Å². The van der Waals surface area contributed by atoms with Crippen molar-refractivity contribution < 1.29 is 8.42 Å². The Morgan fingerprint density at radius 1 is 1.30 bits per heavy atom. The van der Waals surface area contributed by atoms with Crippen molar-refractivity contribution in [3.05, 3.63) is 47.1 Å². The number of hydrogen-bond acceptors (Lipinski definition) is 4. The summed E-state index contributed by atoms with van der Waals surface area (Å²) in [5, 5.41) is 0. The highest BCUT2D eigenvalue weighted by atomic mass is 35.5. The molecule has 0 radical (unpaired) electrons. The molecule has 0 fully saturated rings. The number of sulfonamides is 1. The number of thiophene rings is 1. The molecule has 2 heterocycles. The highest BCUT2D eigenvalue weighted by molar-refractivity contribution is 7.91. The number of nitrogens with zero attached hydrogens (tertiary/aromatic N) is 2. The summed E-state index contributed by atoms with van der Waals surface area (Å²) in [6, 6.07) is 8.97. The standard InChI is InChI=1S/C13H15ClN2O2S2/c1-16(9-7-11-4-2-3-8-15-11)20(17,18)13-6-5-12(10-14)19-13/h2-6,8H,7,9-10H2,1H3. The molecule has 0 aromatic carbocycles. The molecule has 0 saturated carbocycles. The summed E-state index contributed by atoms with van der Waals surface area (Å²) in [6.07, 6.45) is 2.29. The van der Waals surface area contributed by atoms with Crippen molar-refractivity contribution in [3.63, 3.8) is 0 Å². The van der Waals surface area contributed by atoms with Gasteiger partial charge < -0.3 is 0 Å². The Bertz CT molecular complexity index is 656. The van der Waals surface area contributed by atoms with Crippen LogP contribution in [0.25, 0.3) is 0 Å². The summed E-state index contributed by atoms with van der Waals surface area (Å²) < 4.78 is 26.4. The maximum atomic E-state index is 12.4. The van der Waals surface area contributed by atoms with Crippen LogP contribution in [0.3, 0.4) is 0 Å². The number of alkyl halides is 1. The number of halogens is 1. The van der Waals surface area contributed by atoms with Gasteiger partial charge in [-0.05, 0) is 24.3 Å². The normalized spacial score (nSPS) is 11.9. The van der Waals surface area contributed by atoms with E-state index in [9.17, 15) is 8.42 Å². The lowest BCUT2D eigenvalue weighted by molar-refractivity contribution is 0.472. The summed E-state index contributed by atoms with van der Waals surface area (Å²) in [6.45, 7) is 0.396. The van der Waals surface area contributed by atoms with Gasteiger partial charge in [-0.3, -0.25) is 4.98 Å². The van der Waals surface area contributed by atoms with Crippen molar-refractivity contribution in [1.29, 1.82) is 0 Å². The number of rotatable bonds is 6. The van der Waals surface area contributed by atoms with Gasteiger partial charge in [0.1, 0.15) is 4.21 Å². The summed E-state index contributed by atoms with van der Waals surface area (Å²) in [5.74, 6) is 0.331. The Morgan fingerprint density at radius 3 is 2.70 bits per heavy atom. The van der Waals surface area contributed by atoms with Crippen LogP contribution in [-0.4, -0.2) is 31.3 Å². The second-order valence-electron chi connectivity index (χ2n) is 4.25. The van der Waals surface area contributed by atoms with E-state index in [0.717, 1.165) is 10.6 Å². The van der Waals surface area contributed by atoms with Crippen LogP contribution in [-0.2, 0) is 22.3 Å². The molecule has 108 valence electrons. The number of hydrogen-bond donors (Lipinski definition) is 0. The van der Waals surface area contributed by atoms with E-state index in [1.54, 1.807) is 25.4 Å². The molecule has 7 heteroatoms. The Morgan fingerprint density at radius 2 is 2.10 bits per heavy atom. The first-order valence-corrected chi connectivity index (χ1v) is 8.84. The van der Waals surface area contributed by atoms with E-state index in [1.165, 1.54) is 15.6 Å². The second kappa shape index (κ2) is 6.67. The molecule has 2 aromatic rings. The molecule has 0 amide bonds. The molecule has 0 bridgehead atoms. The fourth-order valence-electron chi connectivity index (χ4n) is 1.66. The van der Waals surface area contributed by atoms with E-state index in [2.05, 4.69) is 4.98 Å². The van der Waals surface area contributed by atoms with Gasteiger partial charge in [0.15, 0.2) is 0 Å². The summed E-state index contributed by atoms with van der Waals surface area (Å²) in [4.78, 5) is 5.04. The fraction of sp³-hybridized carbons (Fsp3) is 0.308. The molecule has 0 spiro atoms. The summed E-state index contributed by atoms with van der Waals surface area (Å²) in [7, 11) is -1.85. The molecule has 0 saturated heterocycles. The van der Waals surface area contributed by atoms with Crippen molar-refractivity contribution in [2.24, 2.45) is 0 Å². The molecule has 0 N–H and O–H groups in total. The Hall–Kier alpha value is -0.950.